The van der Waals surface area contributed by atoms with E-state index < -0.39 is 0 Å². The Kier molecular flexibility index (Phi) is 3.58. The number of rotatable bonds is 3. The molecule has 0 saturated heterocycles. The van der Waals surface area contributed by atoms with Gasteiger partial charge < -0.3 is 9.84 Å². The quantitative estimate of drug-likeness (QED) is 0.905. The molecule has 4 heteroatoms. The SMILES string of the molecule is CCC1(C)C(O)CC1Oc1cccc(Cl)c1Cl. The standard InChI is InChI=1S/C13H16Cl2O2/c1-3-13(2)10(16)7-11(13)17-9-6-4-5-8(14)12(9)15/h4-6,10-11,16H,3,7H2,1-2H3. The van der Waals surface area contributed by atoms with Gasteiger partial charge in [0.1, 0.15) is 16.9 Å². The third-order valence-electron chi connectivity index (χ3n) is 3.88. The van der Waals surface area contributed by atoms with Crippen LogP contribution in [0.2, 0.25) is 10.0 Å². The first kappa shape index (κ1) is 13.0. The largest absolute Gasteiger partial charge is 0.488 e. The number of aliphatic hydroxyl groups excluding tert-OH is 1. The summed E-state index contributed by atoms with van der Waals surface area (Å²) in [5.74, 6) is 0.593. The Hall–Kier alpha value is -0.440. The number of hydrogen-bond acceptors (Lipinski definition) is 2. The van der Waals surface area contributed by atoms with Crippen molar-refractivity contribution in [2.24, 2.45) is 5.41 Å². The average Bonchev–Trinajstić information content (AvgIpc) is 2.33. The van der Waals surface area contributed by atoms with Crippen LogP contribution in [0, 0.1) is 5.41 Å². The fraction of sp³-hybridized carbons (Fsp3) is 0.538. The van der Waals surface area contributed by atoms with Gasteiger partial charge in [-0.2, -0.15) is 0 Å². The minimum absolute atomic E-state index is 0.00142. The van der Waals surface area contributed by atoms with Crippen LogP contribution in [0.25, 0.3) is 0 Å². The molecule has 0 aliphatic heterocycles. The summed E-state index contributed by atoms with van der Waals surface area (Å²) >= 11 is 12.0. The predicted octanol–water partition coefficient (Wildman–Crippen LogP) is 3.92. The van der Waals surface area contributed by atoms with Crippen molar-refractivity contribution < 1.29 is 9.84 Å². The van der Waals surface area contributed by atoms with Crippen molar-refractivity contribution in [2.45, 2.75) is 38.9 Å². The summed E-state index contributed by atoms with van der Waals surface area (Å²) in [6.45, 7) is 4.09. The van der Waals surface area contributed by atoms with Crippen LogP contribution in [0.4, 0.5) is 0 Å². The molecular weight excluding hydrogens is 259 g/mol. The van der Waals surface area contributed by atoms with Gasteiger partial charge in [-0.15, -0.1) is 0 Å². The highest BCUT2D eigenvalue weighted by Crippen LogP contribution is 2.47. The molecule has 0 radical (unpaired) electrons. The van der Waals surface area contributed by atoms with Crippen molar-refractivity contribution in [3.63, 3.8) is 0 Å². The van der Waals surface area contributed by atoms with Gasteiger partial charge in [0.25, 0.3) is 0 Å². The van der Waals surface area contributed by atoms with Gasteiger partial charge in [-0.3, -0.25) is 0 Å². The van der Waals surface area contributed by atoms with E-state index in [1.54, 1.807) is 12.1 Å². The van der Waals surface area contributed by atoms with E-state index in [0.29, 0.717) is 22.2 Å². The topological polar surface area (TPSA) is 29.5 Å². The molecule has 3 unspecified atom stereocenters. The number of halogens is 2. The van der Waals surface area contributed by atoms with Gasteiger partial charge in [-0.1, -0.05) is 43.1 Å². The first-order valence-corrected chi connectivity index (χ1v) is 6.53. The summed E-state index contributed by atoms with van der Waals surface area (Å²) in [6.07, 6.45) is 1.22. The number of benzene rings is 1. The molecule has 0 heterocycles. The molecule has 3 atom stereocenters. The van der Waals surface area contributed by atoms with Crippen molar-refractivity contribution in [3.05, 3.63) is 28.2 Å². The maximum atomic E-state index is 9.80. The molecule has 17 heavy (non-hydrogen) atoms. The second kappa shape index (κ2) is 4.68. The highest BCUT2D eigenvalue weighted by atomic mass is 35.5. The van der Waals surface area contributed by atoms with Crippen LogP contribution in [0.5, 0.6) is 5.75 Å². The zero-order valence-electron chi connectivity index (χ0n) is 9.91. The predicted molar refractivity (Wildman–Crippen MR) is 69.9 cm³/mol. The van der Waals surface area contributed by atoms with Crippen LogP contribution in [-0.2, 0) is 0 Å². The Morgan fingerprint density at radius 1 is 1.47 bits per heavy atom. The molecule has 1 N–H and O–H groups in total. The lowest BCUT2D eigenvalue weighted by Crippen LogP contribution is -2.57. The molecule has 0 spiro atoms. The fourth-order valence-corrected chi connectivity index (χ4v) is 2.51. The Labute approximate surface area is 111 Å². The van der Waals surface area contributed by atoms with Gasteiger partial charge in [0.15, 0.2) is 0 Å². The van der Waals surface area contributed by atoms with E-state index in [9.17, 15) is 5.11 Å². The van der Waals surface area contributed by atoms with E-state index in [1.807, 2.05) is 13.0 Å². The van der Waals surface area contributed by atoms with Crippen LogP contribution in [-0.4, -0.2) is 17.3 Å². The maximum Gasteiger partial charge on any atom is 0.139 e. The zero-order chi connectivity index (χ0) is 12.6. The lowest BCUT2D eigenvalue weighted by Gasteiger charge is -2.50. The van der Waals surface area contributed by atoms with Crippen molar-refractivity contribution in [3.8, 4) is 5.75 Å². The van der Waals surface area contributed by atoms with E-state index >= 15 is 0 Å². The fourth-order valence-electron chi connectivity index (χ4n) is 2.17. The summed E-state index contributed by atoms with van der Waals surface area (Å²) < 4.78 is 5.86. The smallest absolute Gasteiger partial charge is 0.139 e. The molecule has 1 aromatic rings. The molecule has 0 amide bonds. The number of ether oxygens (including phenoxy) is 1. The first-order chi connectivity index (χ1) is 7.99. The van der Waals surface area contributed by atoms with Gasteiger partial charge in [0, 0.05) is 11.8 Å². The molecule has 2 nitrogen and oxygen atoms in total. The summed E-state index contributed by atoms with van der Waals surface area (Å²) in [4.78, 5) is 0. The van der Waals surface area contributed by atoms with E-state index in [4.69, 9.17) is 27.9 Å². The van der Waals surface area contributed by atoms with Gasteiger partial charge in [-0.25, -0.2) is 0 Å². The van der Waals surface area contributed by atoms with Crippen LogP contribution in [0.15, 0.2) is 18.2 Å². The van der Waals surface area contributed by atoms with E-state index in [1.165, 1.54) is 0 Å². The molecule has 1 aliphatic rings. The third-order valence-corrected chi connectivity index (χ3v) is 4.68. The van der Waals surface area contributed by atoms with Crippen LogP contribution in [0.3, 0.4) is 0 Å². The molecular formula is C13H16Cl2O2. The molecule has 2 rings (SSSR count). The molecule has 1 fully saturated rings. The summed E-state index contributed by atoms with van der Waals surface area (Å²) in [5, 5.41) is 10.7. The highest BCUT2D eigenvalue weighted by molar-refractivity contribution is 6.42. The molecule has 0 aromatic heterocycles. The number of hydrogen-bond donors (Lipinski definition) is 1. The summed E-state index contributed by atoms with van der Waals surface area (Å²) in [5.41, 5.74) is -0.189. The Balaban J connectivity index is 2.15. The van der Waals surface area contributed by atoms with Crippen LogP contribution < -0.4 is 4.74 Å². The molecule has 1 saturated carbocycles. The normalized spacial score (nSPS) is 32.1. The number of aliphatic hydroxyl groups is 1. The Morgan fingerprint density at radius 3 is 2.76 bits per heavy atom. The monoisotopic (exact) mass is 274 g/mol. The Morgan fingerprint density at radius 2 is 2.18 bits per heavy atom. The van der Waals surface area contributed by atoms with Gasteiger partial charge >= 0.3 is 0 Å². The Bertz CT molecular complexity index is 422. The maximum absolute atomic E-state index is 9.80. The summed E-state index contributed by atoms with van der Waals surface area (Å²) in [6, 6.07) is 5.34. The first-order valence-electron chi connectivity index (χ1n) is 5.77. The minimum Gasteiger partial charge on any atom is -0.488 e. The highest BCUT2D eigenvalue weighted by Gasteiger charge is 2.51. The van der Waals surface area contributed by atoms with Crippen LogP contribution >= 0.6 is 23.2 Å². The van der Waals surface area contributed by atoms with Crippen molar-refractivity contribution in [2.75, 3.05) is 0 Å². The third kappa shape index (κ3) is 2.14. The lowest BCUT2D eigenvalue weighted by molar-refractivity contribution is -0.147. The van der Waals surface area contributed by atoms with Crippen LogP contribution in [0.1, 0.15) is 26.7 Å². The molecule has 1 aliphatic carbocycles. The van der Waals surface area contributed by atoms with Crippen molar-refractivity contribution >= 4 is 23.2 Å². The minimum atomic E-state index is -0.296. The molecule has 94 valence electrons. The van der Waals surface area contributed by atoms with E-state index in [2.05, 4.69) is 6.92 Å². The average molecular weight is 275 g/mol. The van der Waals surface area contributed by atoms with E-state index in [-0.39, 0.29) is 17.6 Å². The lowest BCUT2D eigenvalue weighted by atomic mass is 9.63. The van der Waals surface area contributed by atoms with Crippen molar-refractivity contribution in [1.29, 1.82) is 0 Å². The summed E-state index contributed by atoms with van der Waals surface area (Å²) in [7, 11) is 0. The van der Waals surface area contributed by atoms with Gasteiger partial charge in [0.05, 0.1) is 11.1 Å². The van der Waals surface area contributed by atoms with E-state index in [0.717, 1.165) is 6.42 Å². The molecule has 0 bridgehead atoms. The van der Waals surface area contributed by atoms with Gasteiger partial charge in [-0.05, 0) is 18.6 Å². The molecule has 1 aromatic carbocycles. The second-order valence-corrected chi connectivity index (χ2v) is 5.55. The second-order valence-electron chi connectivity index (χ2n) is 4.77. The zero-order valence-corrected chi connectivity index (χ0v) is 11.4. The van der Waals surface area contributed by atoms with Crippen molar-refractivity contribution in [1.82, 2.24) is 0 Å². The van der Waals surface area contributed by atoms with Gasteiger partial charge in [0.2, 0.25) is 0 Å².